The van der Waals surface area contributed by atoms with Crippen molar-refractivity contribution in [3.05, 3.63) is 11.1 Å². The van der Waals surface area contributed by atoms with Gasteiger partial charge in [-0.25, -0.2) is 0 Å². The predicted octanol–water partition coefficient (Wildman–Crippen LogP) is 1.46. The molecule has 0 unspecified atom stereocenters. The van der Waals surface area contributed by atoms with Crippen LogP contribution in [0.25, 0.3) is 0 Å². The lowest BCUT2D eigenvalue weighted by molar-refractivity contribution is 0.377. The molecule has 0 aliphatic heterocycles. The van der Waals surface area contributed by atoms with Crippen LogP contribution in [0.5, 0.6) is 0 Å². The lowest BCUT2D eigenvalue weighted by Crippen LogP contribution is -2.05. The Morgan fingerprint density at radius 1 is 1.75 bits per heavy atom. The summed E-state index contributed by atoms with van der Waals surface area (Å²) < 4.78 is 5.28. The van der Waals surface area contributed by atoms with Gasteiger partial charge in [-0.2, -0.15) is 0 Å². The van der Waals surface area contributed by atoms with E-state index in [1.807, 2.05) is 13.2 Å². The Morgan fingerprint density at radius 3 is 3.00 bits per heavy atom. The lowest BCUT2D eigenvalue weighted by Gasteiger charge is -2.03. The quantitative estimate of drug-likeness (QED) is 0.411. The average Bonchev–Trinajstić information content (AvgIpc) is 2.10. The second-order valence-corrected chi connectivity index (χ2v) is 3.77. The van der Waals surface area contributed by atoms with E-state index in [0.29, 0.717) is 6.54 Å². The zero-order chi connectivity index (χ0) is 9.23. The minimum absolute atomic E-state index is 0.514. The molecule has 0 aromatic rings. The van der Waals surface area contributed by atoms with Crippen LogP contribution in [0.2, 0.25) is 0 Å². The van der Waals surface area contributed by atoms with E-state index in [1.165, 1.54) is 12.0 Å². The van der Waals surface area contributed by atoms with Gasteiger partial charge in [0.15, 0.2) is 0 Å². The van der Waals surface area contributed by atoms with Gasteiger partial charge in [-0.1, -0.05) is 15.9 Å². The number of alkyl halides is 1. The van der Waals surface area contributed by atoms with E-state index in [4.69, 9.17) is 9.92 Å². The summed E-state index contributed by atoms with van der Waals surface area (Å²) >= 11 is 4.66. The highest BCUT2D eigenvalue weighted by atomic mass is 79.9. The maximum Gasteiger partial charge on any atom is 0.0626 e. The van der Waals surface area contributed by atoms with Gasteiger partial charge in [0, 0.05) is 42.1 Å². The number of hydrogen-bond acceptors (Lipinski definition) is 4. The third kappa shape index (κ3) is 6.97. The summed E-state index contributed by atoms with van der Waals surface area (Å²) in [5, 5.41) is 3.88. The number of halogens is 1. The minimum Gasteiger partial charge on any atom is -0.393 e. The second-order valence-electron chi connectivity index (χ2n) is 2.05. The van der Waals surface area contributed by atoms with Crippen LogP contribution in [0.1, 0.15) is 6.42 Å². The second kappa shape index (κ2) is 9.38. The van der Waals surface area contributed by atoms with Crippen LogP contribution < -0.4 is 11.1 Å². The zero-order valence-corrected chi connectivity index (χ0v) is 9.58. The molecule has 0 rings (SSSR count). The van der Waals surface area contributed by atoms with Crippen LogP contribution in [-0.2, 0) is 4.18 Å². The van der Waals surface area contributed by atoms with Crippen molar-refractivity contribution in [3.63, 3.8) is 0 Å². The first-order chi connectivity index (χ1) is 5.85. The van der Waals surface area contributed by atoms with E-state index in [-0.39, 0.29) is 0 Å². The molecule has 0 saturated carbocycles. The van der Waals surface area contributed by atoms with Crippen molar-refractivity contribution in [2.24, 2.45) is 5.73 Å². The molecule has 0 atom stereocenters. The Hall–Kier alpha value is 0.290. The smallest absolute Gasteiger partial charge is 0.0626 e. The highest BCUT2D eigenvalue weighted by molar-refractivity contribution is 9.09. The van der Waals surface area contributed by atoms with Crippen LogP contribution in [-0.4, -0.2) is 25.5 Å². The summed E-state index contributed by atoms with van der Waals surface area (Å²) in [7, 11) is 1.84. The van der Waals surface area contributed by atoms with Crippen LogP contribution in [0.3, 0.4) is 0 Å². The molecule has 0 saturated heterocycles. The third-order valence-electron chi connectivity index (χ3n) is 1.03. The van der Waals surface area contributed by atoms with Gasteiger partial charge in [-0.15, -0.1) is 0 Å². The zero-order valence-electron chi connectivity index (χ0n) is 7.18. The van der Waals surface area contributed by atoms with Gasteiger partial charge in [0.2, 0.25) is 0 Å². The van der Waals surface area contributed by atoms with Gasteiger partial charge in [-0.3, -0.25) is 0 Å². The van der Waals surface area contributed by atoms with Crippen LogP contribution in [0.15, 0.2) is 11.1 Å². The summed E-state index contributed by atoms with van der Waals surface area (Å²) in [5.74, 6) is 0. The summed E-state index contributed by atoms with van der Waals surface area (Å²) in [6, 6.07) is 0. The Labute approximate surface area is 86.4 Å². The van der Waals surface area contributed by atoms with Gasteiger partial charge < -0.3 is 15.2 Å². The van der Waals surface area contributed by atoms with Crippen molar-refractivity contribution < 1.29 is 4.18 Å². The molecule has 0 amide bonds. The summed E-state index contributed by atoms with van der Waals surface area (Å²) in [6.07, 6.45) is 2.86. The largest absolute Gasteiger partial charge is 0.393 e. The summed E-state index contributed by atoms with van der Waals surface area (Å²) in [5.41, 5.74) is 5.46. The molecule has 0 aliphatic carbocycles. The fraction of sp³-hybridized carbons (Fsp3) is 0.714. The maximum atomic E-state index is 5.46. The summed E-state index contributed by atoms with van der Waals surface area (Å²) in [4.78, 5) is 1.01. The molecule has 0 radical (unpaired) electrons. The van der Waals surface area contributed by atoms with Gasteiger partial charge in [0.05, 0.1) is 6.61 Å². The Balaban J connectivity index is 3.38. The molecule has 3 N–H and O–H groups in total. The standard InChI is InChI=1S/C7H15BrN2OS/c1-10-6-7(5-9)12-11-4-2-3-8/h6,10H,2-5,9H2,1H3/b7-6-. The normalized spacial score (nSPS) is 11.8. The molecule has 0 bridgehead atoms. The van der Waals surface area contributed by atoms with Crippen molar-refractivity contribution in [2.45, 2.75) is 6.42 Å². The Bertz CT molecular complexity index is 133. The molecule has 12 heavy (non-hydrogen) atoms. The fourth-order valence-corrected chi connectivity index (χ4v) is 1.32. The highest BCUT2D eigenvalue weighted by Gasteiger charge is 1.95. The molecule has 0 aromatic heterocycles. The molecule has 0 fully saturated rings. The molecule has 0 aliphatic rings. The molecule has 0 spiro atoms. The molecule has 72 valence electrons. The van der Waals surface area contributed by atoms with Gasteiger partial charge in [0.25, 0.3) is 0 Å². The first kappa shape index (κ1) is 12.3. The molecular formula is C7H15BrN2OS. The van der Waals surface area contributed by atoms with Crippen LogP contribution >= 0.6 is 28.0 Å². The third-order valence-corrected chi connectivity index (χ3v) is 2.38. The monoisotopic (exact) mass is 254 g/mol. The van der Waals surface area contributed by atoms with Gasteiger partial charge in [0.1, 0.15) is 0 Å². The van der Waals surface area contributed by atoms with Crippen molar-refractivity contribution in [1.29, 1.82) is 0 Å². The molecule has 5 heteroatoms. The van der Waals surface area contributed by atoms with Crippen LogP contribution in [0.4, 0.5) is 0 Å². The van der Waals surface area contributed by atoms with Crippen molar-refractivity contribution in [3.8, 4) is 0 Å². The minimum atomic E-state index is 0.514. The number of nitrogens with two attached hydrogens (primary N) is 1. The first-order valence-corrected chi connectivity index (χ1v) is 5.63. The molecule has 0 aromatic carbocycles. The van der Waals surface area contributed by atoms with E-state index in [2.05, 4.69) is 21.2 Å². The average molecular weight is 255 g/mol. The fourth-order valence-electron chi connectivity index (χ4n) is 0.509. The predicted molar refractivity (Wildman–Crippen MR) is 58.2 cm³/mol. The Kier molecular flexibility index (Phi) is 9.61. The Morgan fingerprint density at radius 2 is 2.50 bits per heavy atom. The van der Waals surface area contributed by atoms with Crippen molar-refractivity contribution >= 4 is 28.0 Å². The SMILES string of the molecule is CN/C=C(/CN)SOCCCBr. The van der Waals surface area contributed by atoms with E-state index < -0.39 is 0 Å². The van der Waals surface area contributed by atoms with E-state index >= 15 is 0 Å². The number of rotatable bonds is 7. The molecule has 0 heterocycles. The topological polar surface area (TPSA) is 47.3 Å². The van der Waals surface area contributed by atoms with Gasteiger partial charge >= 0.3 is 0 Å². The summed E-state index contributed by atoms with van der Waals surface area (Å²) in [6.45, 7) is 1.26. The van der Waals surface area contributed by atoms with E-state index in [9.17, 15) is 0 Å². The molecular weight excluding hydrogens is 240 g/mol. The number of nitrogens with one attached hydrogen (secondary N) is 1. The van der Waals surface area contributed by atoms with Crippen LogP contribution in [0, 0.1) is 0 Å². The first-order valence-electron chi connectivity index (χ1n) is 3.77. The van der Waals surface area contributed by atoms with E-state index in [1.54, 1.807) is 0 Å². The van der Waals surface area contributed by atoms with Crippen molar-refractivity contribution in [2.75, 3.05) is 25.5 Å². The highest BCUT2D eigenvalue weighted by Crippen LogP contribution is 2.14. The van der Waals surface area contributed by atoms with Gasteiger partial charge in [-0.05, 0) is 6.42 Å². The van der Waals surface area contributed by atoms with Crippen molar-refractivity contribution in [1.82, 2.24) is 5.32 Å². The maximum absolute atomic E-state index is 5.46. The number of hydrogen-bond donors (Lipinski definition) is 2. The molecule has 3 nitrogen and oxygen atoms in total. The lowest BCUT2D eigenvalue weighted by atomic mass is 10.5. The van der Waals surface area contributed by atoms with E-state index in [0.717, 1.165) is 23.3 Å².